The van der Waals surface area contributed by atoms with Crippen molar-refractivity contribution in [2.45, 2.75) is 38.1 Å². The third-order valence-corrected chi connectivity index (χ3v) is 7.52. The summed E-state index contributed by atoms with van der Waals surface area (Å²) in [6, 6.07) is 5.97. The fourth-order valence-electron chi connectivity index (χ4n) is 4.62. The van der Waals surface area contributed by atoms with E-state index >= 15 is 0 Å². The summed E-state index contributed by atoms with van der Waals surface area (Å²) in [5.74, 6) is 1.08. The van der Waals surface area contributed by atoms with Crippen molar-refractivity contribution in [2.24, 2.45) is 0 Å². The smallest absolute Gasteiger partial charge is 0.211 e. The Morgan fingerprint density at radius 2 is 2.00 bits per heavy atom. The number of pyridine rings is 2. The molecule has 1 N–H and O–H groups in total. The van der Waals surface area contributed by atoms with Crippen molar-refractivity contribution < 1.29 is 4.74 Å². The van der Waals surface area contributed by atoms with Crippen molar-refractivity contribution in [3.05, 3.63) is 41.8 Å². The van der Waals surface area contributed by atoms with E-state index in [4.69, 9.17) is 9.72 Å². The van der Waals surface area contributed by atoms with E-state index in [1.165, 1.54) is 25.9 Å². The number of fused-ring (bicyclic) bond motifs is 1. The summed E-state index contributed by atoms with van der Waals surface area (Å²) >= 11 is 1.56. The van der Waals surface area contributed by atoms with E-state index < -0.39 is 0 Å². The second-order valence-electron chi connectivity index (χ2n) is 8.98. The standard InChI is InChI=1S/C24H28N8OS/c1-2-8-31(7-1)9-3-10-32-15-19(14-26-32)18-12-21-20(25-13-18)4-5-22(27-21)28-24-30-29-23(34-24)17-6-11-33-16-17/h4-5,12-15,17H,1-3,6-11,16H2,(H,27,28,30). The van der Waals surface area contributed by atoms with Crippen molar-refractivity contribution in [3.8, 4) is 11.1 Å². The predicted molar refractivity (Wildman–Crippen MR) is 132 cm³/mol. The maximum absolute atomic E-state index is 5.47. The van der Waals surface area contributed by atoms with Crippen LogP contribution in [0.4, 0.5) is 10.9 Å². The van der Waals surface area contributed by atoms with Gasteiger partial charge in [-0.25, -0.2) is 4.98 Å². The molecule has 6 rings (SSSR count). The van der Waals surface area contributed by atoms with Crippen LogP contribution in [0.25, 0.3) is 22.2 Å². The third kappa shape index (κ3) is 4.79. The van der Waals surface area contributed by atoms with Crippen LogP contribution < -0.4 is 5.32 Å². The highest BCUT2D eigenvalue weighted by molar-refractivity contribution is 7.15. The zero-order valence-corrected chi connectivity index (χ0v) is 19.9. The number of hydrogen-bond acceptors (Lipinski definition) is 9. The number of likely N-dealkylation sites (tertiary alicyclic amines) is 1. The third-order valence-electron chi connectivity index (χ3n) is 6.52. The van der Waals surface area contributed by atoms with Gasteiger partial charge in [0.25, 0.3) is 0 Å². The molecule has 0 saturated carbocycles. The molecule has 176 valence electrons. The van der Waals surface area contributed by atoms with Crippen LogP contribution >= 0.6 is 11.3 Å². The quantitative estimate of drug-likeness (QED) is 0.407. The number of rotatable bonds is 8. The number of nitrogens with zero attached hydrogens (tertiary/aromatic N) is 7. The summed E-state index contributed by atoms with van der Waals surface area (Å²) in [6.45, 7) is 6.09. The molecular formula is C24H28N8OS. The average molecular weight is 477 g/mol. The Balaban J connectivity index is 1.14. The summed E-state index contributed by atoms with van der Waals surface area (Å²) in [5, 5.41) is 18.2. The first-order valence-electron chi connectivity index (χ1n) is 12.0. The van der Waals surface area contributed by atoms with E-state index in [2.05, 4.69) is 42.8 Å². The topological polar surface area (TPSA) is 93.9 Å². The minimum Gasteiger partial charge on any atom is -0.381 e. The molecule has 9 nitrogen and oxygen atoms in total. The zero-order chi connectivity index (χ0) is 22.7. The Kier molecular flexibility index (Phi) is 6.17. The van der Waals surface area contributed by atoms with Gasteiger partial charge in [-0.05, 0) is 63.5 Å². The van der Waals surface area contributed by atoms with E-state index in [-0.39, 0.29) is 0 Å². The molecule has 10 heteroatoms. The first-order chi connectivity index (χ1) is 16.8. The molecule has 0 radical (unpaired) electrons. The van der Waals surface area contributed by atoms with Crippen molar-refractivity contribution in [2.75, 3.05) is 38.2 Å². The molecule has 0 amide bonds. The maximum atomic E-state index is 5.47. The van der Waals surface area contributed by atoms with Crippen LogP contribution in [0, 0.1) is 0 Å². The number of aromatic nitrogens is 6. The Bertz CT molecular complexity index is 1260. The fourth-order valence-corrected chi connectivity index (χ4v) is 5.49. The van der Waals surface area contributed by atoms with Gasteiger partial charge in [-0.1, -0.05) is 11.3 Å². The summed E-state index contributed by atoms with van der Waals surface area (Å²) < 4.78 is 7.50. The Hall–Kier alpha value is -2.95. The number of nitrogens with one attached hydrogen (secondary N) is 1. The normalized spacial score (nSPS) is 18.8. The molecule has 4 aromatic rings. The predicted octanol–water partition coefficient (Wildman–Crippen LogP) is 4.08. The lowest BCUT2D eigenvalue weighted by Crippen LogP contribution is -2.21. The number of aryl methyl sites for hydroxylation is 1. The lowest BCUT2D eigenvalue weighted by atomic mass is 10.1. The van der Waals surface area contributed by atoms with Gasteiger partial charge in [0.05, 0.1) is 23.8 Å². The van der Waals surface area contributed by atoms with Gasteiger partial charge in [0.2, 0.25) is 5.13 Å². The Morgan fingerprint density at radius 3 is 2.88 bits per heavy atom. The molecule has 4 aromatic heterocycles. The molecule has 1 atom stereocenters. The largest absolute Gasteiger partial charge is 0.381 e. The highest BCUT2D eigenvalue weighted by atomic mass is 32.1. The van der Waals surface area contributed by atoms with Gasteiger partial charge in [0.15, 0.2) is 0 Å². The second-order valence-corrected chi connectivity index (χ2v) is 9.99. The average Bonchev–Trinajstić information content (AvgIpc) is 3.67. The van der Waals surface area contributed by atoms with Gasteiger partial charge in [-0.2, -0.15) is 5.10 Å². The van der Waals surface area contributed by atoms with Crippen molar-refractivity contribution in [1.82, 2.24) is 34.8 Å². The Labute approximate surface area is 202 Å². The lowest BCUT2D eigenvalue weighted by molar-refractivity contribution is 0.194. The summed E-state index contributed by atoms with van der Waals surface area (Å²) in [4.78, 5) is 11.9. The van der Waals surface area contributed by atoms with Crippen LogP contribution in [0.1, 0.15) is 36.6 Å². The molecule has 34 heavy (non-hydrogen) atoms. The molecule has 0 bridgehead atoms. The van der Waals surface area contributed by atoms with Crippen molar-refractivity contribution in [3.63, 3.8) is 0 Å². The van der Waals surface area contributed by atoms with Crippen LogP contribution in [0.2, 0.25) is 0 Å². The van der Waals surface area contributed by atoms with Crippen LogP contribution in [0.3, 0.4) is 0 Å². The van der Waals surface area contributed by atoms with Gasteiger partial charge in [0.1, 0.15) is 10.8 Å². The van der Waals surface area contributed by atoms with E-state index in [1.54, 1.807) is 11.3 Å². The summed E-state index contributed by atoms with van der Waals surface area (Å²) in [5.41, 5.74) is 3.76. The second kappa shape index (κ2) is 9.73. The van der Waals surface area contributed by atoms with Gasteiger partial charge < -0.3 is 15.0 Å². The molecule has 2 fully saturated rings. The van der Waals surface area contributed by atoms with Gasteiger partial charge >= 0.3 is 0 Å². The van der Waals surface area contributed by atoms with E-state index in [1.807, 2.05) is 29.2 Å². The minimum atomic E-state index is 0.352. The number of anilines is 2. The van der Waals surface area contributed by atoms with E-state index in [9.17, 15) is 0 Å². The number of ether oxygens (including phenoxy) is 1. The van der Waals surface area contributed by atoms with Crippen molar-refractivity contribution in [1.29, 1.82) is 0 Å². The van der Waals surface area contributed by atoms with Crippen LogP contribution in [-0.4, -0.2) is 67.7 Å². The van der Waals surface area contributed by atoms with E-state index in [0.717, 1.165) is 77.3 Å². The molecular weight excluding hydrogens is 448 g/mol. The van der Waals surface area contributed by atoms with Gasteiger partial charge in [-0.15, -0.1) is 10.2 Å². The fraction of sp³-hybridized carbons (Fsp3) is 0.458. The van der Waals surface area contributed by atoms with Gasteiger partial charge in [-0.3, -0.25) is 9.67 Å². The SMILES string of the molecule is c1nc2ccc(Nc3nnc(C4CCOC4)s3)nc2cc1-c1cnn(CCCN2CCCC2)c1. The van der Waals surface area contributed by atoms with E-state index in [0.29, 0.717) is 5.92 Å². The highest BCUT2D eigenvalue weighted by Crippen LogP contribution is 2.31. The molecule has 0 spiro atoms. The molecule has 2 saturated heterocycles. The first kappa shape index (κ1) is 21.6. The molecule has 0 aromatic carbocycles. The minimum absolute atomic E-state index is 0.352. The monoisotopic (exact) mass is 476 g/mol. The molecule has 6 heterocycles. The van der Waals surface area contributed by atoms with Crippen LogP contribution in [-0.2, 0) is 11.3 Å². The highest BCUT2D eigenvalue weighted by Gasteiger charge is 2.22. The Morgan fingerprint density at radius 1 is 1.06 bits per heavy atom. The molecule has 2 aliphatic heterocycles. The lowest BCUT2D eigenvalue weighted by Gasteiger charge is -2.13. The maximum Gasteiger partial charge on any atom is 0.211 e. The summed E-state index contributed by atoms with van der Waals surface area (Å²) in [6.07, 6.45) is 10.7. The van der Waals surface area contributed by atoms with Crippen molar-refractivity contribution >= 4 is 33.3 Å². The zero-order valence-electron chi connectivity index (χ0n) is 19.1. The van der Waals surface area contributed by atoms with Crippen LogP contribution in [0.5, 0.6) is 0 Å². The van der Waals surface area contributed by atoms with Gasteiger partial charge in [0, 0.05) is 42.6 Å². The first-order valence-corrected chi connectivity index (χ1v) is 12.8. The summed E-state index contributed by atoms with van der Waals surface area (Å²) in [7, 11) is 0. The van der Waals surface area contributed by atoms with Crippen LogP contribution in [0.15, 0.2) is 36.8 Å². The number of hydrogen-bond donors (Lipinski definition) is 1. The molecule has 2 aliphatic rings. The molecule has 1 unspecified atom stereocenters. The molecule has 0 aliphatic carbocycles.